The zero-order chi connectivity index (χ0) is 26.2. The van der Waals surface area contributed by atoms with Gasteiger partial charge < -0.3 is 24.0 Å². The molecule has 8 heteroatoms. The normalized spacial score (nSPS) is 14.7. The zero-order valence-electron chi connectivity index (χ0n) is 21.6. The number of rotatable bonds is 11. The minimum absolute atomic E-state index is 0.0269. The number of thiophene rings is 1. The number of aryl methyl sites for hydroxylation is 1. The molecule has 1 unspecified atom stereocenters. The highest BCUT2D eigenvalue weighted by atomic mass is 32.1. The zero-order valence-corrected chi connectivity index (χ0v) is 22.5. The molecular weight excluding hydrogens is 488 g/mol. The Labute approximate surface area is 222 Å². The largest absolute Gasteiger partial charge is 0.496 e. The van der Waals surface area contributed by atoms with Crippen molar-refractivity contribution in [2.24, 2.45) is 0 Å². The number of hydrogen-bond acceptors (Lipinski definition) is 6. The standard InChI is InChI=1S/C29H34N2O5S/c1-21-9-4-6-11-25(21)36-20-24-22-14-18-37-27(22)13-16-31(24)28(32)19-30(15-8-17-34-2)29(33)23-10-5-7-12-26(23)35-3/h4-7,9-12,14,18,24H,8,13,15-17,19-20H2,1-3H3. The molecule has 0 saturated heterocycles. The number of benzene rings is 2. The van der Waals surface area contributed by atoms with Gasteiger partial charge in [0, 0.05) is 31.7 Å². The summed E-state index contributed by atoms with van der Waals surface area (Å²) in [4.78, 5) is 32.1. The summed E-state index contributed by atoms with van der Waals surface area (Å²) in [6, 6.07) is 16.9. The summed E-state index contributed by atoms with van der Waals surface area (Å²) >= 11 is 1.72. The van der Waals surface area contributed by atoms with E-state index in [1.54, 1.807) is 41.5 Å². The molecule has 196 valence electrons. The number of methoxy groups -OCH3 is 2. The second-order valence-electron chi connectivity index (χ2n) is 9.00. The number of carbonyl (C=O) groups is 2. The summed E-state index contributed by atoms with van der Waals surface area (Å²) in [5.74, 6) is 0.964. The van der Waals surface area contributed by atoms with Crippen molar-refractivity contribution >= 4 is 23.2 Å². The lowest BCUT2D eigenvalue weighted by Gasteiger charge is -2.37. The van der Waals surface area contributed by atoms with Crippen LogP contribution in [0.1, 0.15) is 38.8 Å². The van der Waals surface area contributed by atoms with Gasteiger partial charge in [-0.1, -0.05) is 30.3 Å². The third-order valence-corrected chi connectivity index (χ3v) is 7.63. The molecule has 1 aliphatic heterocycles. The van der Waals surface area contributed by atoms with Gasteiger partial charge in [0.2, 0.25) is 5.91 Å². The second kappa shape index (κ2) is 12.7. The van der Waals surface area contributed by atoms with Crippen molar-refractivity contribution in [3.63, 3.8) is 0 Å². The van der Waals surface area contributed by atoms with Crippen LogP contribution in [0.15, 0.2) is 60.0 Å². The van der Waals surface area contributed by atoms with Crippen molar-refractivity contribution in [2.45, 2.75) is 25.8 Å². The van der Waals surface area contributed by atoms with Crippen molar-refractivity contribution in [2.75, 3.05) is 47.1 Å². The highest BCUT2D eigenvalue weighted by Crippen LogP contribution is 2.34. The first-order valence-corrected chi connectivity index (χ1v) is 13.4. The second-order valence-corrected chi connectivity index (χ2v) is 10.0. The third-order valence-electron chi connectivity index (χ3n) is 6.63. The Bertz CT molecular complexity index is 1210. The predicted octanol–water partition coefficient (Wildman–Crippen LogP) is 4.75. The highest BCUT2D eigenvalue weighted by Gasteiger charge is 2.34. The van der Waals surface area contributed by atoms with Gasteiger partial charge in [-0.3, -0.25) is 9.59 Å². The maximum absolute atomic E-state index is 13.8. The average molecular weight is 523 g/mol. The molecule has 3 aromatic rings. The summed E-state index contributed by atoms with van der Waals surface area (Å²) < 4.78 is 16.8. The van der Waals surface area contributed by atoms with Crippen LogP contribution in [-0.2, 0) is 16.0 Å². The van der Waals surface area contributed by atoms with Gasteiger partial charge in [0.1, 0.15) is 24.7 Å². The van der Waals surface area contributed by atoms with E-state index in [9.17, 15) is 9.59 Å². The van der Waals surface area contributed by atoms with E-state index in [1.165, 1.54) is 12.0 Å². The van der Waals surface area contributed by atoms with Crippen molar-refractivity contribution in [1.82, 2.24) is 9.80 Å². The lowest BCUT2D eigenvalue weighted by molar-refractivity contribution is -0.135. The van der Waals surface area contributed by atoms with Crippen LogP contribution in [0.2, 0.25) is 0 Å². The smallest absolute Gasteiger partial charge is 0.258 e. The maximum Gasteiger partial charge on any atom is 0.258 e. The van der Waals surface area contributed by atoms with Gasteiger partial charge in [0.05, 0.1) is 18.7 Å². The van der Waals surface area contributed by atoms with Crippen LogP contribution in [0.4, 0.5) is 0 Å². The van der Waals surface area contributed by atoms with Gasteiger partial charge in [-0.2, -0.15) is 0 Å². The van der Waals surface area contributed by atoms with Crippen molar-refractivity contribution in [1.29, 1.82) is 0 Å². The predicted molar refractivity (Wildman–Crippen MR) is 145 cm³/mol. The highest BCUT2D eigenvalue weighted by molar-refractivity contribution is 7.10. The molecule has 0 fully saturated rings. The van der Waals surface area contributed by atoms with Crippen LogP contribution in [0.5, 0.6) is 11.5 Å². The Kier molecular flexibility index (Phi) is 9.19. The molecule has 2 heterocycles. The fourth-order valence-electron chi connectivity index (χ4n) is 4.66. The van der Waals surface area contributed by atoms with Crippen LogP contribution in [-0.4, -0.2) is 68.7 Å². The molecule has 0 saturated carbocycles. The first-order chi connectivity index (χ1) is 18.0. The van der Waals surface area contributed by atoms with E-state index < -0.39 is 0 Å². The molecule has 1 atom stereocenters. The summed E-state index contributed by atoms with van der Waals surface area (Å²) in [6.07, 6.45) is 1.42. The molecule has 2 amide bonds. The summed E-state index contributed by atoms with van der Waals surface area (Å²) in [7, 11) is 3.17. The number of carbonyl (C=O) groups excluding carboxylic acids is 2. The first-order valence-electron chi connectivity index (χ1n) is 12.5. The van der Waals surface area contributed by atoms with Gasteiger partial charge in [-0.05, 0) is 60.5 Å². The molecule has 0 bridgehead atoms. The number of para-hydroxylation sites is 2. The van der Waals surface area contributed by atoms with Crippen molar-refractivity contribution in [3.8, 4) is 11.5 Å². The Hall–Kier alpha value is -3.36. The molecule has 1 aromatic heterocycles. The van der Waals surface area contributed by atoms with E-state index >= 15 is 0 Å². The molecule has 1 aliphatic rings. The Morgan fingerprint density at radius 1 is 1.05 bits per heavy atom. The quantitative estimate of drug-likeness (QED) is 0.340. The maximum atomic E-state index is 13.8. The van der Waals surface area contributed by atoms with Crippen LogP contribution < -0.4 is 9.47 Å². The third kappa shape index (κ3) is 6.32. The summed E-state index contributed by atoms with van der Waals surface area (Å²) in [5, 5.41) is 2.07. The molecular formula is C29H34N2O5S. The molecule has 0 spiro atoms. The van der Waals surface area contributed by atoms with Crippen LogP contribution in [0, 0.1) is 6.92 Å². The van der Waals surface area contributed by atoms with Crippen LogP contribution in [0.25, 0.3) is 0 Å². The molecule has 37 heavy (non-hydrogen) atoms. The van der Waals surface area contributed by atoms with E-state index in [4.69, 9.17) is 14.2 Å². The molecule has 0 aliphatic carbocycles. The van der Waals surface area contributed by atoms with Crippen LogP contribution >= 0.6 is 11.3 Å². The average Bonchev–Trinajstić information content (AvgIpc) is 3.41. The first kappa shape index (κ1) is 26.7. The SMILES string of the molecule is COCCCN(CC(=O)N1CCc2sccc2C1COc1ccccc1C)C(=O)c1ccccc1OC. The van der Waals surface area contributed by atoms with Crippen molar-refractivity contribution in [3.05, 3.63) is 81.5 Å². The number of hydrogen-bond donors (Lipinski definition) is 0. The molecule has 7 nitrogen and oxygen atoms in total. The molecule has 0 radical (unpaired) electrons. The lowest BCUT2D eigenvalue weighted by Crippen LogP contribution is -2.48. The molecule has 4 rings (SSSR count). The lowest BCUT2D eigenvalue weighted by atomic mass is 10.00. The minimum Gasteiger partial charge on any atom is -0.496 e. The minimum atomic E-state index is -0.233. The van der Waals surface area contributed by atoms with E-state index in [0.29, 0.717) is 44.0 Å². The Morgan fingerprint density at radius 3 is 2.57 bits per heavy atom. The summed E-state index contributed by atoms with van der Waals surface area (Å²) in [6.45, 7) is 3.82. The Morgan fingerprint density at radius 2 is 1.81 bits per heavy atom. The fourth-order valence-corrected chi connectivity index (χ4v) is 5.59. The fraction of sp³-hybridized carbons (Fsp3) is 0.379. The van der Waals surface area contributed by atoms with E-state index in [1.807, 2.05) is 42.2 Å². The van der Waals surface area contributed by atoms with E-state index in [0.717, 1.165) is 23.3 Å². The summed E-state index contributed by atoms with van der Waals surface area (Å²) in [5.41, 5.74) is 2.61. The van der Waals surface area contributed by atoms with Gasteiger partial charge in [0.25, 0.3) is 5.91 Å². The van der Waals surface area contributed by atoms with Gasteiger partial charge in [-0.15, -0.1) is 11.3 Å². The van der Waals surface area contributed by atoms with E-state index in [-0.39, 0.29) is 24.4 Å². The van der Waals surface area contributed by atoms with Crippen molar-refractivity contribution < 1.29 is 23.8 Å². The number of amides is 2. The monoisotopic (exact) mass is 522 g/mol. The van der Waals surface area contributed by atoms with Gasteiger partial charge in [-0.25, -0.2) is 0 Å². The van der Waals surface area contributed by atoms with Gasteiger partial charge >= 0.3 is 0 Å². The molecule has 0 N–H and O–H groups in total. The number of fused-ring (bicyclic) bond motifs is 1. The molecule has 2 aromatic carbocycles. The number of nitrogens with zero attached hydrogens (tertiary/aromatic N) is 2. The Balaban J connectivity index is 1.55. The van der Waals surface area contributed by atoms with Crippen LogP contribution in [0.3, 0.4) is 0 Å². The van der Waals surface area contributed by atoms with E-state index in [2.05, 4.69) is 11.4 Å². The van der Waals surface area contributed by atoms with Gasteiger partial charge in [0.15, 0.2) is 0 Å². The number of ether oxygens (including phenoxy) is 3. The topological polar surface area (TPSA) is 68.3 Å².